The van der Waals surface area contributed by atoms with Gasteiger partial charge in [0.1, 0.15) is 0 Å². The number of benzene rings is 1. The van der Waals surface area contributed by atoms with Crippen LogP contribution in [0, 0.1) is 0 Å². The van der Waals surface area contributed by atoms with Crippen LogP contribution in [0.25, 0.3) is 0 Å². The minimum absolute atomic E-state index is 0.208. The number of morpholine rings is 1. The highest BCUT2D eigenvalue weighted by atomic mass is 35.5. The minimum Gasteiger partial charge on any atom is -0.378 e. The molecular formula is C14H19ClN4O2. The van der Waals surface area contributed by atoms with Gasteiger partial charge >= 0.3 is 0 Å². The highest BCUT2D eigenvalue weighted by Crippen LogP contribution is 2.14. The number of guanidine groups is 1. The number of nitrogens with two attached hydrogens (primary N) is 1. The molecule has 21 heavy (non-hydrogen) atoms. The largest absolute Gasteiger partial charge is 0.378 e. The first-order valence-electron chi connectivity index (χ1n) is 6.84. The van der Waals surface area contributed by atoms with Crippen molar-refractivity contribution in [1.82, 2.24) is 10.2 Å². The van der Waals surface area contributed by atoms with E-state index in [-0.39, 0.29) is 5.91 Å². The summed E-state index contributed by atoms with van der Waals surface area (Å²) in [5, 5.41) is 3.21. The smallest absolute Gasteiger partial charge is 0.252 e. The van der Waals surface area contributed by atoms with Gasteiger partial charge in [-0.3, -0.25) is 9.79 Å². The third kappa shape index (κ3) is 4.61. The molecule has 0 bridgehead atoms. The first-order chi connectivity index (χ1) is 10.2. The van der Waals surface area contributed by atoms with E-state index in [4.69, 9.17) is 22.1 Å². The number of carbonyl (C=O) groups excluding carboxylic acids is 1. The molecule has 0 aliphatic carbocycles. The fourth-order valence-corrected chi connectivity index (χ4v) is 2.19. The summed E-state index contributed by atoms with van der Waals surface area (Å²) >= 11 is 5.96. The molecule has 1 saturated heterocycles. The normalized spacial score (nSPS) is 15.9. The molecule has 1 aliphatic rings. The van der Waals surface area contributed by atoms with Crippen LogP contribution in [0.1, 0.15) is 10.4 Å². The summed E-state index contributed by atoms with van der Waals surface area (Å²) in [5.74, 6) is 0.283. The number of nitrogens with one attached hydrogen (secondary N) is 1. The molecule has 7 heteroatoms. The lowest BCUT2D eigenvalue weighted by molar-refractivity contribution is 0.0674. The van der Waals surface area contributed by atoms with Crippen molar-refractivity contribution in [2.45, 2.75) is 0 Å². The summed E-state index contributed by atoms with van der Waals surface area (Å²) < 4.78 is 5.25. The Morgan fingerprint density at radius 1 is 1.38 bits per heavy atom. The number of aliphatic imine (C=N–C) groups is 1. The van der Waals surface area contributed by atoms with Crippen LogP contribution in [0.4, 0.5) is 0 Å². The number of carbonyl (C=O) groups is 1. The summed E-state index contributed by atoms with van der Waals surface area (Å²) in [6.07, 6.45) is 0. The number of nitrogens with zero attached hydrogens (tertiary/aromatic N) is 2. The van der Waals surface area contributed by atoms with Gasteiger partial charge in [0.2, 0.25) is 0 Å². The molecule has 1 aliphatic heterocycles. The van der Waals surface area contributed by atoms with Crippen molar-refractivity contribution in [2.24, 2.45) is 10.7 Å². The number of hydrogen-bond acceptors (Lipinski definition) is 3. The lowest BCUT2D eigenvalue weighted by Gasteiger charge is -2.27. The molecular weight excluding hydrogens is 292 g/mol. The van der Waals surface area contributed by atoms with E-state index in [1.54, 1.807) is 24.3 Å². The van der Waals surface area contributed by atoms with E-state index in [0.717, 1.165) is 13.1 Å². The standard InChI is InChI=1S/C14H19ClN4O2/c15-12-4-2-1-3-11(12)13(20)17-5-6-18-14(16)19-7-9-21-10-8-19/h1-4H,5-10H2,(H2,16,18)(H,17,20). The molecule has 1 heterocycles. The van der Waals surface area contributed by atoms with Crippen LogP contribution in [0.5, 0.6) is 0 Å². The van der Waals surface area contributed by atoms with Crippen LogP contribution in [0.15, 0.2) is 29.3 Å². The van der Waals surface area contributed by atoms with E-state index in [9.17, 15) is 4.79 Å². The molecule has 0 aromatic heterocycles. The van der Waals surface area contributed by atoms with Crippen molar-refractivity contribution in [3.05, 3.63) is 34.9 Å². The van der Waals surface area contributed by atoms with Crippen LogP contribution >= 0.6 is 11.6 Å². The number of ether oxygens (including phenoxy) is 1. The van der Waals surface area contributed by atoms with Crippen molar-refractivity contribution in [3.63, 3.8) is 0 Å². The maximum Gasteiger partial charge on any atom is 0.252 e. The molecule has 3 N–H and O–H groups in total. The van der Waals surface area contributed by atoms with Gasteiger partial charge in [-0.15, -0.1) is 0 Å². The second kappa shape index (κ2) is 7.85. The summed E-state index contributed by atoms with van der Waals surface area (Å²) in [7, 11) is 0. The number of hydrogen-bond donors (Lipinski definition) is 2. The fourth-order valence-electron chi connectivity index (χ4n) is 1.97. The number of rotatable bonds is 4. The van der Waals surface area contributed by atoms with Crippen molar-refractivity contribution >= 4 is 23.5 Å². The van der Waals surface area contributed by atoms with Crippen molar-refractivity contribution in [1.29, 1.82) is 0 Å². The monoisotopic (exact) mass is 310 g/mol. The predicted molar refractivity (Wildman–Crippen MR) is 82.7 cm³/mol. The second-order valence-electron chi connectivity index (χ2n) is 4.58. The first-order valence-corrected chi connectivity index (χ1v) is 7.21. The van der Waals surface area contributed by atoms with E-state index in [0.29, 0.717) is 42.8 Å². The van der Waals surface area contributed by atoms with E-state index < -0.39 is 0 Å². The Labute approximate surface area is 128 Å². The van der Waals surface area contributed by atoms with E-state index in [1.807, 2.05) is 4.90 Å². The van der Waals surface area contributed by atoms with Gasteiger partial charge in [0, 0.05) is 19.6 Å². The third-order valence-corrected chi connectivity index (χ3v) is 3.45. The zero-order valence-corrected chi connectivity index (χ0v) is 12.5. The molecule has 0 unspecified atom stereocenters. The molecule has 1 aromatic rings. The van der Waals surface area contributed by atoms with Crippen molar-refractivity contribution in [2.75, 3.05) is 39.4 Å². The van der Waals surface area contributed by atoms with Crippen LogP contribution in [0.3, 0.4) is 0 Å². The maximum atomic E-state index is 11.9. The van der Waals surface area contributed by atoms with Crippen molar-refractivity contribution in [3.8, 4) is 0 Å². The fraction of sp³-hybridized carbons (Fsp3) is 0.429. The van der Waals surface area contributed by atoms with Gasteiger partial charge in [0.25, 0.3) is 5.91 Å². The van der Waals surface area contributed by atoms with Gasteiger partial charge in [0.15, 0.2) is 5.96 Å². The summed E-state index contributed by atoms with van der Waals surface area (Å²) in [4.78, 5) is 18.1. The van der Waals surface area contributed by atoms with Crippen LogP contribution in [0.2, 0.25) is 5.02 Å². The molecule has 2 rings (SSSR count). The molecule has 6 nitrogen and oxygen atoms in total. The number of halogens is 1. The lowest BCUT2D eigenvalue weighted by Crippen LogP contribution is -2.45. The molecule has 1 aromatic carbocycles. The van der Waals surface area contributed by atoms with Crippen LogP contribution in [-0.4, -0.2) is 56.2 Å². The molecule has 0 spiro atoms. The predicted octanol–water partition coefficient (Wildman–Crippen LogP) is 0.717. The Morgan fingerprint density at radius 3 is 2.81 bits per heavy atom. The summed E-state index contributed by atoms with van der Waals surface area (Å²) in [5.41, 5.74) is 6.35. The first kappa shape index (κ1) is 15.6. The second-order valence-corrected chi connectivity index (χ2v) is 4.98. The average molecular weight is 311 g/mol. The summed E-state index contributed by atoms with van der Waals surface area (Å²) in [6, 6.07) is 6.93. The molecule has 0 atom stereocenters. The van der Waals surface area contributed by atoms with Gasteiger partial charge in [-0.2, -0.15) is 0 Å². The van der Waals surface area contributed by atoms with Gasteiger partial charge < -0.3 is 20.7 Å². The highest BCUT2D eigenvalue weighted by Gasteiger charge is 2.12. The van der Waals surface area contributed by atoms with Gasteiger partial charge in [-0.25, -0.2) is 0 Å². The number of amides is 1. The summed E-state index contributed by atoms with van der Waals surface area (Å²) in [6.45, 7) is 3.68. The van der Waals surface area contributed by atoms with Gasteiger partial charge in [0.05, 0.1) is 30.3 Å². The molecule has 1 fully saturated rings. The topological polar surface area (TPSA) is 79.9 Å². The minimum atomic E-state index is -0.208. The Balaban J connectivity index is 1.76. The van der Waals surface area contributed by atoms with Crippen LogP contribution in [-0.2, 0) is 4.74 Å². The Hall–Kier alpha value is -1.79. The highest BCUT2D eigenvalue weighted by molar-refractivity contribution is 6.33. The molecule has 1 amide bonds. The SMILES string of the molecule is NC(=NCCNC(=O)c1ccccc1Cl)N1CCOCC1. The Morgan fingerprint density at radius 2 is 2.10 bits per heavy atom. The molecule has 114 valence electrons. The van der Waals surface area contributed by atoms with Gasteiger partial charge in [-0.05, 0) is 12.1 Å². The van der Waals surface area contributed by atoms with Gasteiger partial charge in [-0.1, -0.05) is 23.7 Å². The zero-order chi connectivity index (χ0) is 15.1. The van der Waals surface area contributed by atoms with Crippen LogP contribution < -0.4 is 11.1 Å². The van der Waals surface area contributed by atoms with E-state index >= 15 is 0 Å². The molecule has 0 saturated carbocycles. The zero-order valence-electron chi connectivity index (χ0n) is 11.7. The Kier molecular flexibility index (Phi) is 5.83. The lowest BCUT2D eigenvalue weighted by atomic mass is 10.2. The maximum absolute atomic E-state index is 11.9. The third-order valence-electron chi connectivity index (χ3n) is 3.12. The average Bonchev–Trinajstić information content (AvgIpc) is 2.52. The quantitative estimate of drug-likeness (QED) is 0.488. The van der Waals surface area contributed by atoms with Crippen molar-refractivity contribution < 1.29 is 9.53 Å². The Bertz CT molecular complexity index is 515. The molecule has 0 radical (unpaired) electrons. The van der Waals surface area contributed by atoms with E-state index in [1.165, 1.54) is 0 Å². The van der Waals surface area contributed by atoms with E-state index in [2.05, 4.69) is 10.3 Å².